The smallest absolute Gasteiger partial charge is 0.00965 e. The Labute approximate surface area is 106 Å². The van der Waals surface area contributed by atoms with Gasteiger partial charge in [0.15, 0.2) is 0 Å². The fourth-order valence-electron chi connectivity index (χ4n) is 3.21. The Kier molecular flexibility index (Phi) is 4.02. The summed E-state index contributed by atoms with van der Waals surface area (Å²) in [5.41, 5.74) is 0. The first-order chi connectivity index (χ1) is 8.42. The van der Waals surface area contributed by atoms with Gasteiger partial charge < -0.3 is 10.2 Å². The number of hydrogen-bond acceptors (Lipinski definition) is 2. The standard InChI is InChI=1S/C15H28N2/c1-2-5-14(4-1)16-10-3-11-17(15-8-9-15)12-13-6-7-13/h13-16H,1-12H2. The second-order valence-electron chi connectivity index (χ2n) is 6.46. The maximum Gasteiger partial charge on any atom is 0.00965 e. The molecule has 3 fully saturated rings. The van der Waals surface area contributed by atoms with Crippen LogP contribution in [0.4, 0.5) is 0 Å². The number of rotatable bonds is 8. The average molecular weight is 236 g/mol. The van der Waals surface area contributed by atoms with Crippen LogP contribution in [0.25, 0.3) is 0 Å². The molecule has 0 spiro atoms. The molecule has 2 nitrogen and oxygen atoms in total. The lowest BCUT2D eigenvalue weighted by molar-refractivity contribution is 0.247. The van der Waals surface area contributed by atoms with E-state index < -0.39 is 0 Å². The molecule has 0 unspecified atom stereocenters. The molecule has 3 saturated carbocycles. The third-order valence-corrected chi connectivity index (χ3v) is 4.66. The van der Waals surface area contributed by atoms with Gasteiger partial charge in [0.05, 0.1) is 0 Å². The molecule has 2 heteroatoms. The Morgan fingerprint density at radius 1 is 0.941 bits per heavy atom. The van der Waals surface area contributed by atoms with Crippen LogP contribution in [0.5, 0.6) is 0 Å². The highest BCUT2D eigenvalue weighted by Crippen LogP contribution is 2.34. The van der Waals surface area contributed by atoms with E-state index in [0.29, 0.717) is 0 Å². The Morgan fingerprint density at radius 3 is 2.35 bits per heavy atom. The quantitative estimate of drug-likeness (QED) is 0.652. The lowest BCUT2D eigenvalue weighted by Crippen LogP contribution is -2.33. The van der Waals surface area contributed by atoms with E-state index in [1.807, 2.05) is 0 Å². The monoisotopic (exact) mass is 236 g/mol. The minimum atomic E-state index is 0.854. The molecule has 0 amide bonds. The van der Waals surface area contributed by atoms with E-state index in [2.05, 4.69) is 10.2 Å². The topological polar surface area (TPSA) is 15.3 Å². The van der Waals surface area contributed by atoms with E-state index in [9.17, 15) is 0 Å². The summed E-state index contributed by atoms with van der Waals surface area (Å²) in [5, 5.41) is 3.74. The van der Waals surface area contributed by atoms with Gasteiger partial charge in [0.25, 0.3) is 0 Å². The minimum Gasteiger partial charge on any atom is -0.314 e. The number of hydrogen-bond donors (Lipinski definition) is 1. The zero-order valence-corrected chi connectivity index (χ0v) is 11.2. The lowest BCUT2D eigenvalue weighted by atomic mass is 10.2. The molecule has 0 saturated heterocycles. The molecule has 0 aliphatic heterocycles. The van der Waals surface area contributed by atoms with Gasteiger partial charge in [-0.3, -0.25) is 0 Å². The van der Waals surface area contributed by atoms with Crippen LogP contribution in [0.1, 0.15) is 57.8 Å². The largest absolute Gasteiger partial charge is 0.314 e. The maximum atomic E-state index is 3.74. The van der Waals surface area contributed by atoms with Gasteiger partial charge in [0.2, 0.25) is 0 Å². The average Bonchev–Trinajstić information content (AvgIpc) is 3.24. The Bertz CT molecular complexity index is 227. The van der Waals surface area contributed by atoms with Crippen molar-refractivity contribution in [2.75, 3.05) is 19.6 Å². The van der Waals surface area contributed by atoms with E-state index in [1.54, 1.807) is 0 Å². The summed E-state index contributed by atoms with van der Waals surface area (Å²) in [6.07, 6.45) is 13.1. The van der Waals surface area contributed by atoms with Crippen molar-refractivity contribution in [3.05, 3.63) is 0 Å². The summed E-state index contributed by atoms with van der Waals surface area (Å²) in [5.74, 6) is 1.07. The van der Waals surface area contributed by atoms with Crippen molar-refractivity contribution in [3.8, 4) is 0 Å². The van der Waals surface area contributed by atoms with Crippen LogP contribution in [0.3, 0.4) is 0 Å². The fourth-order valence-corrected chi connectivity index (χ4v) is 3.21. The predicted octanol–water partition coefficient (Wildman–Crippen LogP) is 2.78. The van der Waals surface area contributed by atoms with Crippen LogP contribution in [-0.4, -0.2) is 36.6 Å². The van der Waals surface area contributed by atoms with Crippen LogP contribution >= 0.6 is 0 Å². The first kappa shape index (κ1) is 12.0. The number of nitrogens with one attached hydrogen (secondary N) is 1. The Morgan fingerprint density at radius 2 is 1.71 bits per heavy atom. The molecule has 0 heterocycles. The highest BCUT2D eigenvalue weighted by molar-refractivity contribution is 4.88. The van der Waals surface area contributed by atoms with Crippen molar-refractivity contribution in [2.45, 2.75) is 69.9 Å². The summed E-state index contributed by atoms with van der Waals surface area (Å²) in [6, 6.07) is 1.83. The summed E-state index contributed by atoms with van der Waals surface area (Å²) >= 11 is 0. The van der Waals surface area contributed by atoms with Gasteiger partial charge in [0.1, 0.15) is 0 Å². The van der Waals surface area contributed by atoms with Gasteiger partial charge >= 0.3 is 0 Å². The van der Waals surface area contributed by atoms with Crippen LogP contribution in [0.15, 0.2) is 0 Å². The Hall–Kier alpha value is -0.0800. The molecular weight excluding hydrogens is 208 g/mol. The molecule has 3 rings (SSSR count). The van der Waals surface area contributed by atoms with E-state index in [-0.39, 0.29) is 0 Å². The van der Waals surface area contributed by atoms with E-state index in [1.165, 1.54) is 77.4 Å². The predicted molar refractivity (Wildman–Crippen MR) is 72.2 cm³/mol. The first-order valence-corrected chi connectivity index (χ1v) is 7.89. The van der Waals surface area contributed by atoms with Gasteiger partial charge in [-0.25, -0.2) is 0 Å². The molecule has 1 N–H and O–H groups in total. The molecule has 3 aliphatic rings. The molecule has 3 aliphatic carbocycles. The summed E-state index contributed by atoms with van der Waals surface area (Å²) in [4.78, 5) is 2.79. The molecule has 0 bridgehead atoms. The zero-order chi connectivity index (χ0) is 11.5. The molecule has 0 radical (unpaired) electrons. The Balaban J connectivity index is 1.28. The third-order valence-electron chi connectivity index (χ3n) is 4.66. The van der Waals surface area contributed by atoms with Crippen molar-refractivity contribution in [2.24, 2.45) is 5.92 Å². The third kappa shape index (κ3) is 3.96. The second kappa shape index (κ2) is 5.71. The molecule has 0 atom stereocenters. The van der Waals surface area contributed by atoms with E-state index >= 15 is 0 Å². The lowest BCUT2D eigenvalue weighted by Gasteiger charge is -2.22. The van der Waals surface area contributed by atoms with Gasteiger partial charge in [-0.1, -0.05) is 12.8 Å². The van der Waals surface area contributed by atoms with E-state index in [4.69, 9.17) is 0 Å². The SMILES string of the molecule is C1CCC(NCCCN(CC2CC2)C2CC2)C1. The highest BCUT2D eigenvalue weighted by Gasteiger charge is 2.33. The highest BCUT2D eigenvalue weighted by atomic mass is 15.2. The molecule has 17 heavy (non-hydrogen) atoms. The zero-order valence-electron chi connectivity index (χ0n) is 11.2. The van der Waals surface area contributed by atoms with Crippen LogP contribution in [0, 0.1) is 5.92 Å². The molecule has 0 aromatic rings. The summed E-state index contributed by atoms with van der Waals surface area (Å²) in [7, 11) is 0. The van der Waals surface area contributed by atoms with Crippen molar-refractivity contribution >= 4 is 0 Å². The fraction of sp³-hybridized carbons (Fsp3) is 1.00. The molecule has 0 aromatic heterocycles. The maximum absolute atomic E-state index is 3.74. The van der Waals surface area contributed by atoms with Crippen molar-refractivity contribution in [1.82, 2.24) is 10.2 Å². The van der Waals surface area contributed by atoms with Crippen molar-refractivity contribution < 1.29 is 0 Å². The molecular formula is C15H28N2. The minimum absolute atomic E-state index is 0.854. The normalized spacial score (nSPS) is 25.9. The summed E-state index contributed by atoms with van der Waals surface area (Å²) < 4.78 is 0. The van der Waals surface area contributed by atoms with Gasteiger partial charge in [-0.15, -0.1) is 0 Å². The number of nitrogens with zero attached hydrogens (tertiary/aromatic N) is 1. The van der Waals surface area contributed by atoms with Crippen LogP contribution in [0.2, 0.25) is 0 Å². The summed E-state index contributed by atoms with van der Waals surface area (Å²) in [6.45, 7) is 4.01. The second-order valence-corrected chi connectivity index (χ2v) is 6.46. The van der Waals surface area contributed by atoms with Crippen LogP contribution < -0.4 is 5.32 Å². The molecule has 98 valence electrons. The molecule has 0 aromatic carbocycles. The van der Waals surface area contributed by atoms with Crippen molar-refractivity contribution in [3.63, 3.8) is 0 Å². The van der Waals surface area contributed by atoms with Gasteiger partial charge in [0, 0.05) is 18.6 Å². The van der Waals surface area contributed by atoms with Gasteiger partial charge in [-0.05, 0) is 64.0 Å². The van der Waals surface area contributed by atoms with Crippen molar-refractivity contribution in [1.29, 1.82) is 0 Å². The van der Waals surface area contributed by atoms with Gasteiger partial charge in [-0.2, -0.15) is 0 Å². The van der Waals surface area contributed by atoms with E-state index in [0.717, 1.165) is 18.0 Å². The van der Waals surface area contributed by atoms with Crippen LogP contribution in [-0.2, 0) is 0 Å². The first-order valence-electron chi connectivity index (χ1n) is 7.89.